The Morgan fingerprint density at radius 2 is 1.76 bits per heavy atom. The van der Waals surface area contributed by atoms with E-state index >= 15 is 0 Å². The van der Waals surface area contributed by atoms with E-state index in [4.69, 9.17) is 5.11 Å². The van der Waals surface area contributed by atoms with Crippen LogP contribution in [0.3, 0.4) is 0 Å². The standard InChI is InChI=1S/C22H20F3N3O5/c1-26(10-13-6-8-15(9-7-13)33-22(23,24)25)20(30)18-16-4-2-3-5-17(16)19(29)28(18)14-11-27(12-14)21(31)32/h2-9,14,18H,10-12H2,1H3,(H,31,32). The van der Waals surface area contributed by atoms with Crippen molar-refractivity contribution in [1.82, 2.24) is 14.7 Å². The molecule has 0 bridgehead atoms. The summed E-state index contributed by atoms with van der Waals surface area (Å²) in [6, 6.07) is 10.6. The number of likely N-dealkylation sites (tertiary alicyclic amines) is 1. The van der Waals surface area contributed by atoms with E-state index in [9.17, 15) is 27.6 Å². The number of alkyl halides is 3. The van der Waals surface area contributed by atoms with E-state index in [1.807, 2.05) is 0 Å². The molecule has 2 aromatic rings. The normalized spacial score (nSPS) is 18.1. The number of amides is 3. The molecule has 0 saturated carbocycles. The lowest BCUT2D eigenvalue weighted by Crippen LogP contribution is -2.62. The van der Waals surface area contributed by atoms with Crippen molar-refractivity contribution in [1.29, 1.82) is 0 Å². The summed E-state index contributed by atoms with van der Waals surface area (Å²) in [6.45, 7) is 0.324. The first-order valence-electron chi connectivity index (χ1n) is 10.0. The van der Waals surface area contributed by atoms with Gasteiger partial charge in [0.15, 0.2) is 0 Å². The summed E-state index contributed by atoms with van der Waals surface area (Å²) in [5.74, 6) is -1.08. The van der Waals surface area contributed by atoms with Crippen molar-refractivity contribution >= 4 is 17.9 Å². The summed E-state index contributed by atoms with van der Waals surface area (Å²) in [5.41, 5.74) is 1.51. The molecular weight excluding hydrogens is 443 g/mol. The number of fused-ring (bicyclic) bond motifs is 1. The van der Waals surface area contributed by atoms with Gasteiger partial charge in [0.25, 0.3) is 5.91 Å². The third-order valence-corrected chi connectivity index (χ3v) is 5.71. The summed E-state index contributed by atoms with van der Waals surface area (Å²) in [4.78, 5) is 41.6. The monoisotopic (exact) mass is 463 g/mol. The summed E-state index contributed by atoms with van der Waals surface area (Å²) in [5, 5.41) is 9.12. The Bertz CT molecular complexity index is 1080. The quantitative estimate of drug-likeness (QED) is 0.736. The molecule has 1 fully saturated rings. The Hall–Kier alpha value is -3.76. The van der Waals surface area contributed by atoms with Crippen LogP contribution in [-0.4, -0.2) is 70.3 Å². The van der Waals surface area contributed by atoms with E-state index in [0.29, 0.717) is 16.7 Å². The number of carboxylic acid groups (broad SMARTS) is 1. The second-order valence-corrected chi connectivity index (χ2v) is 7.93. The van der Waals surface area contributed by atoms with Gasteiger partial charge >= 0.3 is 12.5 Å². The molecular formula is C22H20F3N3O5. The van der Waals surface area contributed by atoms with Crippen LogP contribution in [0.5, 0.6) is 5.75 Å². The van der Waals surface area contributed by atoms with Gasteiger partial charge in [-0.3, -0.25) is 9.59 Å². The van der Waals surface area contributed by atoms with E-state index in [2.05, 4.69) is 4.74 Å². The van der Waals surface area contributed by atoms with Gasteiger partial charge in [0.1, 0.15) is 11.8 Å². The zero-order valence-corrected chi connectivity index (χ0v) is 17.5. The number of likely N-dealkylation sites (N-methyl/N-ethyl adjacent to an activating group) is 1. The third-order valence-electron chi connectivity index (χ3n) is 5.71. The van der Waals surface area contributed by atoms with Gasteiger partial charge in [0.05, 0.1) is 6.04 Å². The van der Waals surface area contributed by atoms with Gasteiger partial charge in [0.2, 0.25) is 5.91 Å². The van der Waals surface area contributed by atoms with Crippen LogP contribution in [0.25, 0.3) is 0 Å². The minimum Gasteiger partial charge on any atom is -0.465 e. The van der Waals surface area contributed by atoms with Gasteiger partial charge in [-0.2, -0.15) is 0 Å². The van der Waals surface area contributed by atoms with Crippen LogP contribution in [0.1, 0.15) is 27.5 Å². The fourth-order valence-corrected chi connectivity index (χ4v) is 4.11. The van der Waals surface area contributed by atoms with Gasteiger partial charge in [-0.25, -0.2) is 4.79 Å². The van der Waals surface area contributed by atoms with Crippen LogP contribution in [-0.2, 0) is 11.3 Å². The molecule has 1 saturated heterocycles. The molecule has 4 rings (SSSR count). The van der Waals surface area contributed by atoms with Gasteiger partial charge in [-0.15, -0.1) is 13.2 Å². The Morgan fingerprint density at radius 3 is 2.36 bits per heavy atom. The first kappa shape index (κ1) is 22.4. The molecule has 1 atom stereocenters. The molecule has 0 aromatic heterocycles. The smallest absolute Gasteiger partial charge is 0.465 e. The second kappa shape index (κ2) is 8.30. The number of hydrogen-bond donors (Lipinski definition) is 1. The lowest BCUT2D eigenvalue weighted by molar-refractivity contribution is -0.274. The van der Waals surface area contributed by atoms with Crippen molar-refractivity contribution in [2.24, 2.45) is 0 Å². The second-order valence-electron chi connectivity index (χ2n) is 7.93. The van der Waals surface area contributed by atoms with Crippen LogP contribution in [0.2, 0.25) is 0 Å². The fourth-order valence-electron chi connectivity index (χ4n) is 4.11. The fraction of sp³-hybridized carbons (Fsp3) is 0.318. The molecule has 174 valence electrons. The number of hydrogen-bond acceptors (Lipinski definition) is 4. The van der Waals surface area contributed by atoms with Crippen LogP contribution >= 0.6 is 0 Å². The molecule has 2 aliphatic heterocycles. The van der Waals surface area contributed by atoms with E-state index in [0.717, 1.165) is 17.0 Å². The lowest BCUT2D eigenvalue weighted by atomic mass is 10.0. The average Bonchev–Trinajstić information content (AvgIpc) is 2.99. The van der Waals surface area contributed by atoms with Gasteiger partial charge < -0.3 is 24.5 Å². The predicted octanol–water partition coefficient (Wildman–Crippen LogP) is 3.10. The van der Waals surface area contributed by atoms with E-state index < -0.39 is 24.5 Å². The van der Waals surface area contributed by atoms with Crippen molar-refractivity contribution in [3.63, 3.8) is 0 Å². The van der Waals surface area contributed by atoms with Gasteiger partial charge in [-0.05, 0) is 29.3 Å². The number of carbonyl (C=O) groups is 3. The van der Waals surface area contributed by atoms with Gasteiger partial charge in [-0.1, -0.05) is 30.3 Å². The third kappa shape index (κ3) is 4.43. The maximum absolute atomic E-state index is 13.4. The number of rotatable bonds is 5. The highest BCUT2D eigenvalue weighted by molar-refractivity contribution is 6.05. The Balaban J connectivity index is 1.52. The van der Waals surface area contributed by atoms with E-state index in [1.54, 1.807) is 24.3 Å². The van der Waals surface area contributed by atoms with Crippen molar-refractivity contribution in [3.05, 3.63) is 65.2 Å². The molecule has 1 N–H and O–H groups in total. The minimum absolute atomic E-state index is 0.0950. The highest BCUT2D eigenvalue weighted by Gasteiger charge is 2.49. The summed E-state index contributed by atoms with van der Waals surface area (Å²) in [7, 11) is 1.54. The lowest BCUT2D eigenvalue weighted by Gasteiger charge is -2.44. The highest BCUT2D eigenvalue weighted by Crippen LogP contribution is 2.38. The van der Waals surface area contributed by atoms with Gasteiger partial charge in [0, 0.05) is 32.2 Å². The number of ether oxygens (including phenoxy) is 1. The Kier molecular flexibility index (Phi) is 5.64. The SMILES string of the molecule is CN(Cc1ccc(OC(F)(F)F)cc1)C(=O)C1c2ccccc2C(=O)N1C1CN(C(=O)O)C1. The molecule has 11 heteroatoms. The first-order chi connectivity index (χ1) is 15.5. The molecule has 8 nitrogen and oxygen atoms in total. The molecule has 1 unspecified atom stereocenters. The van der Waals surface area contributed by atoms with Crippen molar-refractivity contribution in [2.45, 2.75) is 25.0 Å². The van der Waals surface area contributed by atoms with E-state index in [-0.39, 0.29) is 37.2 Å². The number of benzene rings is 2. The predicted molar refractivity (Wildman–Crippen MR) is 108 cm³/mol. The molecule has 0 aliphatic carbocycles. The van der Waals surface area contributed by atoms with Crippen LogP contribution < -0.4 is 4.74 Å². The maximum Gasteiger partial charge on any atom is 0.573 e. The Labute approximate surface area is 186 Å². The molecule has 0 radical (unpaired) electrons. The minimum atomic E-state index is -4.79. The molecule has 2 aliphatic rings. The molecule has 2 heterocycles. The van der Waals surface area contributed by atoms with Crippen molar-refractivity contribution < 1.29 is 37.4 Å². The van der Waals surface area contributed by atoms with Crippen molar-refractivity contribution in [3.8, 4) is 5.75 Å². The first-order valence-corrected chi connectivity index (χ1v) is 10.0. The summed E-state index contributed by atoms with van der Waals surface area (Å²) < 4.78 is 40.9. The van der Waals surface area contributed by atoms with Crippen LogP contribution in [0.4, 0.5) is 18.0 Å². The summed E-state index contributed by atoms with van der Waals surface area (Å²) >= 11 is 0. The Morgan fingerprint density at radius 1 is 1.12 bits per heavy atom. The largest absolute Gasteiger partial charge is 0.573 e. The number of halogens is 3. The number of nitrogens with zero attached hydrogens (tertiary/aromatic N) is 3. The zero-order valence-electron chi connectivity index (χ0n) is 17.5. The topological polar surface area (TPSA) is 90.4 Å². The molecule has 33 heavy (non-hydrogen) atoms. The van der Waals surface area contributed by atoms with Crippen molar-refractivity contribution in [2.75, 3.05) is 20.1 Å². The number of carbonyl (C=O) groups excluding carboxylic acids is 2. The van der Waals surface area contributed by atoms with Crippen LogP contribution in [0, 0.1) is 0 Å². The van der Waals surface area contributed by atoms with Crippen LogP contribution in [0.15, 0.2) is 48.5 Å². The average molecular weight is 463 g/mol. The summed E-state index contributed by atoms with van der Waals surface area (Å²) in [6.07, 6.45) is -5.88. The molecule has 2 aromatic carbocycles. The highest BCUT2D eigenvalue weighted by atomic mass is 19.4. The van der Waals surface area contributed by atoms with E-state index in [1.165, 1.54) is 29.0 Å². The molecule has 0 spiro atoms. The zero-order chi connectivity index (χ0) is 23.9. The molecule has 3 amide bonds. The maximum atomic E-state index is 13.4.